The summed E-state index contributed by atoms with van der Waals surface area (Å²) in [5.74, 6) is 0.0428. The van der Waals surface area contributed by atoms with E-state index in [1.54, 1.807) is 0 Å². The maximum atomic E-state index is 13.1. The van der Waals surface area contributed by atoms with Gasteiger partial charge in [0, 0.05) is 25.3 Å². The molecule has 1 amide bonds. The maximum Gasteiger partial charge on any atom is 0.254 e. The Morgan fingerprint density at radius 3 is 2.57 bits per heavy atom. The van der Waals surface area contributed by atoms with Gasteiger partial charge in [0.2, 0.25) is 0 Å². The van der Waals surface area contributed by atoms with Crippen molar-refractivity contribution in [2.75, 3.05) is 13.1 Å². The van der Waals surface area contributed by atoms with Gasteiger partial charge in [-0.15, -0.1) is 0 Å². The summed E-state index contributed by atoms with van der Waals surface area (Å²) in [6.07, 6.45) is 0.112. The normalized spacial score (nSPS) is 21.9. The average molecular weight is 316 g/mol. The lowest BCUT2D eigenvalue weighted by molar-refractivity contribution is -0.0585. The summed E-state index contributed by atoms with van der Waals surface area (Å²) in [4.78, 5) is 19.6. The monoisotopic (exact) mass is 316 g/mol. The number of aryl methyl sites for hydroxylation is 3. The number of pyridine rings is 1. The third-order valence-corrected chi connectivity index (χ3v) is 4.24. The van der Waals surface area contributed by atoms with Gasteiger partial charge in [-0.2, -0.15) is 5.10 Å². The van der Waals surface area contributed by atoms with Crippen LogP contribution in [0.25, 0.3) is 11.0 Å². The first-order valence-corrected chi connectivity index (χ1v) is 8.20. The van der Waals surface area contributed by atoms with E-state index in [4.69, 9.17) is 4.74 Å². The molecule has 2 aromatic rings. The van der Waals surface area contributed by atoms with Gasteiger partial charge < -0.3 is 9.64 Å². The van der Waals surface area contributed by atoms with Crippen LogP contribution in [0.3, 0.4) is 0 Å². The molecule has 0 aliphatic carbocycles. The molecule has 23 heavy (non-hydrogen) atoms. The first kappa shape index (κ1) is 15.9. The van der Waals surface area contributed by atoms with E-state index in [0.717, 1.165) is 29.0 Å². The van der Waals surface area contributed by atoms with Crippen molar-refractivity contribution < 1.29 is 9.53 Å². The number of amides is 1. The number of ether oxygens (including phenoxy) is 1. The summed E-state index contributed by atoms with van der Waals surface area (Å²) in [6.45, 7) is 11.9. The molecule has 0 spiro atoms. The van der Waals surface area contributed by atoms with E-state index in [-0.39, 0.29) is 18.1 Å². The molecule has 0 bridgehead atoms. The van der Waals surface area contributed by atoms with Crippen LogP contribution in [0, 0.1) is 13.8 Å². The Hall–Kier alpha value is -1.95. The summed E-state index contributed by atoms with van der Waals surface area (Å²) < 4.78 is 7.60. The highest BCUT2D eigenvalue weighted by Gasteiger charge is 2.29. The van der Waals surface area contributed by atoms with Gasteiger partial charge in [0.25, 0.3) is 5.91 Å². The van der Waals surface area contributed by atoms with Gasteiger partial charge >= 0.3 is 0 Å². The largest absolute Gasteiger partial charge is 0.372 e. The second-order valence-corrected chi connectivity index (χ2v) is 6.38. The molecule has 6 nitrogen and oxygen atoms in total. The molecular formula is C17H24N4O2. The number of carbonyl (C=O) groups is 1. The molecular weight excluding hydrogens is 292 g/mol. The number of nitrogens with zero attached hydrogens (tertiary/aromatic N) is 4. The van der Waals surface area contributed by atoms with Crippen molar-refractivity contribution in [3.05, 3.63) is 23.0 Å². The highest BCUT2D eigenvalue weighted by Crippen LogP contribution is 2.25. The standard InChI is InChI=1S/C17H24N4O2/c1-6-21-16-15(13(5)19-21)14(7-10(2)18-16)17(22)20-8-11(3)23-12(4)9-20/h7,11-12H,6,8-9H2,1-5H3. The summed E-state index contributed by atoms with van der Waals surface area (Å²) in [5.41, 5.74) is 3.19. The second kappa shape index (κ2) is 5.92. The summed E-state index contributed by atoms with van der Waals surface area (Å²) in [6, 6.07) is 1.88. The first-order chi connectivity index (χ1) is 10.9. The number of morpholine rings is 1. The number of hydrogen-bond donors (Lipinski definition) is 0. The molecule has 3 rings (SSSR count). The van der Waals surface area contributed by atoms with Crippen LogP contribution in [-0.2, 0) is 11.3 Å². The highest BCUT2D eigenvalue weighted by molar-refractivity contribution is 6.06. The predicted octanol–water partition coefficient (Wildman–Crippen LogP) is 2.32. The fraction of sp³-hybridized carbons (Fsp3) is 0.588. The quantitative estimate of drug-likeness (QED) is 0.853. The lowest BCUT2D eigenvalue weighted by atomic mass is 10.1. The molecule has 2 atom stereocenters. The Bertz CT molecular complexity index is 743. The van der Waals surface area contributed by atoms with Gasteiger partial charge in [-0.25, -0.2) is 9.67 Å². The van der Waals surface area contributed by atoms with Gasteiger partial charge in [0.1, 0.15) is 0 Å². The Labute approximate surface area is 136 Å². The molecule has 0 saturated carbocycles. The van der Waals surface area contributed by atoms with Gasteiger partial charge in [0.05, 0.1) is 28.9 Å². The highest BCUT2D eigenvalue weighted by atomic mass is 16.5. The molecule has 0 radical (unpaired) electrons. The maximum absolute atomic E-state index is 13.1. The van der Waals surface area contributed by atoms with Gasteiger partial charge in [-0.1, -0.05) is 0 Å². The molecule has 2 unspecified atom stereocenters. The van der Waals surface area contributed by atoms with Gasteiger partial charge in [-0.05, 0) is 40.7 Å². The van der Waals surface area contributed by atoms with Gasteiger partial charge in [-0.3, -0.25) is 4.79 Å². The summed E-state index contributed by atoms with van der Waals surface area (Å²) in [5, 5.41) is 5.40. The lowest BCUT2D eigenvalue weighted by Crippen LogP contribution is -2.48. The minimum atomic E-state index is 0.0428. The van der Waals surface area contributed by atoms with Crippen LogP contribution in [-0.4, -0.2) is 50.9 Å². The van der Waals surface area contributed by atoms with E-state index in [1.165, 1.54) is 0 Å². The minimum Gasteiger partial charge on any atom is -0.372 e. The molecule has 3 heterocycles. The zero-order valence-corrected chi connectivity index (χ0v) is 14.5. The van der Waals surface area contributed by atoms with E-state index >= 15 is 0 Å². The number of rotatable bonds is 2. The topological polar surface area (TPSA) is 60.2 Å². The van der Waals surface area contributed by atoms with Crippen LogP contribution in [0.15, 0.2) is 6.07 Å². The lowest BCUT2D eigenvalue weighted by Gasteiger charge is -2.35. The number of carbonyl (C=O) groups excluding carboxylic acids is 1. The third kappa shape index (κ3) is 2.83. The molecule has 1 aliphatic heterocycles. The Morgan fingerprint density at radius 1 is 1.30 bits per heavy atom. The SMILES string of the molecule is CCn1nc(C)c2c(C(=O)N3CC(C)OC(C)C3)cc(C)nc21. The number of fused-ring (bicyclic) bond motifs is 1. The predicted molar refractivity (Wildman–Crippen MR) is 88.6 cm³/mol. The van der Waals surface area contributed by atoms with E-state index in [2.05, 4.69) is 10.1 Å². The van der Waals surface area contributed by atoms with Crippen LogP contribution in [0.2, 0.25) is 0 Å². The third-order valence-electron chi connectivity index (χ3n) is 4.24. The van der Waals surface area contributed by atoms with Crippen molar-refractivity contribution in [3.63, 3.8) is 0 Å². The molecule has 1 fully saturated rings. The van der Waals surface area contributed by atoms with E-state index in [0.29, 0.717) is 18.7 Å². The number of hydrogen-bond acceptors (Lipinski definition) is 4. The van der Waals surface area contributed by atoms with Crippen LogP contribution < -0.4 is 0 Å². The molecule has 6 heteroatoms. The molecule has 0 aromatic carbocycles. The molecule has 2 aromatic heterocycles. The van der Waals surface area contributed by atoms with Crippen molar-refractivity contribution in [1.82, 2.24) is 19.7 Å². The minimum absolute atomic E-state index is 0.0428. The van der Waals surface area contributed by atoms with E-state index in [9.17, 15) is 4.79 Å². The second-order valence-electron chi connectivity index (χ2n) is 6.38. The Balaban J connectivity index is 2.08. The first-order valence-electron chi connectivity index (χ1n) is 8.20. The summed E-state index contributed by atoms with van der Waals surface area (Å²) >= 11 is 0. The van der Waals surface area contributed by atoms with Crippen molar-refractivity contribution in [1.29, 1.82) is 0 Å². The van der Waals surface area contributed by atoms with E-state index in [1.807, 2.05) is 50.3 Å². The zero-order chi connectivity index (χ0) is 16.7. The Kier molecular flexibility index (Phi) is 4.10. The Morgan fingerprint density at radius 2 is 1.96 bits per heavy atom. The van der Waals surface area contributed by atoms with Crippen LogP contribution in [0.4, 0.5) is 0 Å². The zero-order valence-electron chi connectivity index (χ0n) is 14.5. The van der Waals surface area contributed by atoms with Crippen LogP contribution >= 0.6 is 0 Å². The molecule has 1 aliphatic rings. The van der Waals surface area contributed by atoms with Crippen molar-refractivity contribution in [3.8, 4) is 0 Å². The van der Waals surface area contributed by atoms with Crippen LogP contribution in [0.1, 0.15) is 42.5 Å². The number of aromatic nitrogens is 3. The van der Waals surface area contributed by atoms with Crippen LogP contribution in [0.5, 0.6) is 0 Å². The van der Waals surface area contributed by atoms with Gasteiger partial charge in [0.15, 0.2) is 5.65 Å². The molecule has 124 valence electrons. The van der Waals surface area contributed by atoms with Crippen molar-refractivity contribution in [2.45, 2.75) is 53.4 Å². The smallest absolute Gasteiger partial charge is 0.254 e. The fourth-order valence-corrected chi connectivity index (χ4v) is 3.38. The van der Waals surface area contributed by atoms with Crippen molar-refractivity contribution >= 4 is 16.9 Å². The molecule has 1 saturated heterocycles. The average Bonchev–Trinajstić information content (AvgIpc) is 2.81. The molecule has 0 N–H and O–H groups in total. The summed E-state index contributed by atoms with van der Waals surface area (Å²) in [7, 11) is 0. The van der Waals surface area contributed by atoms with Crippen molar-refractivity contribution in [2.24, 2.45) is 0 Å². The van der Waals surface area contributed by atoms with E-state index < -0.39 is 0 Å². The fourth-order valence-electron chi connectivity index (χ4n) is 3.38.